The van der Waals surface area contributed by atoms with Crippen LogP contribution in [0.15, 0.2) is 24.3 Å². The van der Waals surface area contributed by atoms with Crippen molar-refractivity contribution in [3.05, 3.63) is 24.3 Å². The van der Waals surface area contributed by atoms with E-state index in [9.17, 15) is 19.0 Å². The maximum absolute atomic E-state index is 12.2. The Morgan fingerprint density at radius 3 is 2.52 bits per heavy atom. The van der Waals surface area contributed by atoms with Gasteiger partial charge in [0.2, 0.25) is 7.37 Å². The molecular formula is C14H20NO7P. The first-order valence-corrected chi connectivity index (χ1v) is 8.90. The quantitative estimate of drug-likeness (QED) is 0.473. The Morgan fingerprint density at radius 2 is 1.96 bits per heavy atom. The molecular weight excluding hydrogens is 325 g/mol. The van der Waals surface area contributed by atoms with E-state index in [0.29, 0.717) is 11.4 Å². The van der Waals surface area contributed by atoms with Crippen LogP contribution in [0.25, 0.3) is 0 Å². The van der Waals surface area contributed by atoms with Crippen molar-refractivity contribution >= 4 is 25.0 Å². The summed E-state index contributed by atoms with van der Waals surface area (Å²) in [4.78, 5) is 31.6. The first-order valence-electron chi connectivity index (χ1n) is 6.87. The van der Waals surface area contributed by atoms with Crippen molar-refractivity contribution < 1.29 is 34.0 Å². The van der Waals surface area contributed by atoms with Crippen molar-refractivity contribution in [1.29, 1.82) is 0 Å². The van der Waals surface area contributed by atoms with Gasteiger partial charge in [-0.3, -0.25) is 14.2 Å². The molecule has 1 rings (SSSR count). The molecule has 0 aromatic heterocycles. The Kier molecular flexibility index (Phi) is 7.06. The molecule has 0 aliphatic carbocycles. The number of benzene rings is 1. The van der Waals surface area contributed by atoms with E-state index in [-0.39, 0.29) is 19.1 Å². The van der Waals surface area contributed by atoms with Gasteiger partial charge in [0.05, 0.1) is 25.0 Å². The monoisotopic (exact) mass is 345 g/mol. The third-order valence-corrected chi connectivity index (χ3v) is 4.85. The zero-order valence-corrected chi connectivity index (χ0v) is 13.5. The molecule has 128 valence electrons. The fraction of sp³-hybridized carbons (Fsp3) is 0.429. The van der Waals surface area contributed by atoms with Crippen molar-refractivity contribution in [3.63, 3.8) is 0 Å². The lowest BCUT2D eigenvalue weighted by molar-refractivity contribution is -0.142. The number of carboxylic acid groups (broad SMARTS) is 2. The smallest absolute Gasteiger partial charge is 0.307 e. The molecule has 1 aromatic rings. The summed E-state index contributed by atoms with van der Waals surface area (Å²) in [7, 11) is -2.34. The van der Waals surface area contributed by atoms with Crippen LogP contribution in [0, 0.1) is 5.92 Å². The lowest BCUT2D eigenvalue weighted by Gasteiger charge is -2.18. The van der Waals surface area contributed by atoms with Crippen LogP contribution in [-0.4, -0.2) is 46.6 Å². The highest BCUT2D eigenvalue weighted by Crippen LogP contribution is 2.43. The molecule has 4 N–H and O–H groups in total. The molecule has 0 fully saturated rings. The van der Waals surface area contributed by atoms with Gasteiger partial charge in [-0.1, -0.05) is 12.1 Å². The Bertz CT molecular complexity index is 605. The number of para-hydroxylation sites is 2. The van der Waals surface area contributed by atoms with Crippen LogP contribution < -0.4 is 10.1 Å². The SMILES string of the molecule is COc1ccccc1NCP(=O)(O)CC(CCC(=O)O)C(=O)O. The molecule has 8 nitrogen and oxygen atoms in total. The first kappa shape index (κ1) is 19.0. The maximum atomic E-state index is 12.2. The number of nitrogens with one attached hydrogen (secondary N) is 1. The summed E-state index contributed by atoms with van der Waals surface area (Å²) in [6.45, 7) is 0. The summed E-state index contributed by atoms with van der Waals surface area (Å²) < 4.78 is 17.3. The van der Waals surface area contributed by atoms with Crippen LogP contribution in [0.2, 0.25) is 0 Å². The number of ether oxygens (including phenoxy) is 1. The lowest BCUT2D eigenvalue weighted by Crippen LogP contribution is -2.21. The largest absolute Gasteiger partial charge is 0.495 e. The highest BCUT2D eigenvalue weighted by Gasteiger charge is 2.29. The molecule has 0 aliphatic heterocycles. The number of carboxylic acids is 2. The molecule has 23 heavy (non-hydrogen) atoms. The van der Waals surface area contributed by atoms with E-state index in [1.54, 1.807) is 24.3 Å². The summed E-state index contributed by atoms with van der Waals surface area (Å²) >= 11 is 0. The number of hydrogen-bond acceptors (Lipinski definition) is 5. The summed E-state index contributed by atoms with van der Waals surface area (Å²) in [5.74, 6) is -3.11. The summed E-state index contributed by atoms with van der Waals surface area (Å²) in [5, 5.41) is 20.4. The molecule has 0 heterocycles. The van der Waals surface area contributed by atoms with Crippen molar-refractivity contribution in [2.75, 3.05) is 24.9 Å². The van der Waals surface area contributed by atoms with Gasteiger partial charge in [0.1, 0.15) is 5.75 Å². The minimum Gasteiger partial charge on any atom is -0.495 e. The van der Waals surface area contributed by atoms with Gasteiger partial charge >= 0.3 is 11.9 Å². The highest BCUT2D eigenvalue weighted by molar-refractivity contribution is 7.58. The van der Waals surface area contributed by atoms with Crippen molar-refractivity contribution in [2.45, 2.75) is 12.8 Å². The van der Waals surface area contributed by atoms with E-state index in [1.807, 2.05) is 0 Å². The van der Waals surface area contributed by atoms with Crippen molar-refractivity contribution in [3.8, 4) is 5.75 Å². The Balaban J connectivity index is 2.68. The van der Waals surface area contributed by atoms with E-state index >= 15 is 0 Å². The third kappa shape index (κ3) is 6.71. The summed E-state index contributed by atoms with van der Waals surface area (Å²) in [6, 6.07) is 6.81. The molecule has 0 saturated carbocycles. The molecule has 0 radical (unpaired) electrons. The molecule has 2 unspecified atom stereocenters. The molecule has 0 bridgehead atoms. The second-order valence-electron chi connectivity index (χ2n) is 5.03. The zero-order chi connectivity index (χ0) is 17.5. The Labute approximate surface area is 133 Å². The predicted molar refractivity (Wildman–Crippen MR) is 84.2 cm³/mol. The van der Waals surface area contributed by atoms with Crippen LogP contribution in [0.4, 0.5) is 5.69 Å². The fourth-order valence-corrected chi connectivity index (χ4v) is 3.57. The number of methoxy groups -OCH3 is 1. The van der Waals surface area contributed by atoms with Crippen LogP contribution in [0.3, 0.4) is 0 Å². The molecule has 1 aromatic carbocycles. The van der Waals surface area contributed by atoms with Crippen molar-refractivity contribution in [1.82, 2.24) is 0 Å². The van der Waals surface area contributed by atoms with Gasteiger partial charge in [-0.05, 0) is 18.6 Å². The van der Waals surface area contributed by atoms with Crippen molar-refractivity contribution in [2.24, 2.45) is 5.92 Å². The van der Waals surface area contributed by atoms with Crippen LogP contribution >= 0.6 is 7.37 Å². The lowest BCUT2D eigenvalue weighted by atomic mass is 10.1. The molecule has 9 heteroatoms. The van der Waals surface area contributed by atoms with Gasteiger partial charge in [-0.25, -0.2) is 0 Å². The molecule has 0 amide bonds. The second kappa shape index (κ2) is 8.55. The van der Waals surface area contributed by atoms with Gasteiger partial charge in [0.25, 0.3) is 0 Å². The minimum atomic E-state index is -3.80. The number of rotatable bonds is 10. The fourth-order valence-electron chi connectivity index (χ4n) is 2.00. The van der Waals surface area contributed by atoms with Gasteiger partial charge in [0, 0.05) is 12.6 Å². The summed E-state index contributed by atoms with van der Waals surface area (Å²) in [5.41, 5.74) is 0.515. The second-order valence-corrected chi connectivity index (χ2v) is 7.41. The third-order valence-electron chi connectivity index (χ3n) is 3.19. The van der Waals surface area contributed by atoms with Gasteiger partial charge in [0.15, 0.2) is 0 Å². The van der Waals surface area contributed by atoms with E-state index in [2.05, 4.69) is 5.32 Å². The topological polar surface area (TPSA) is 133 Å². The van der Waals surface area contributed by atoms with E-state index in [0.717, 1.165) is 0 Å². The van der Waals surface area contributed by atoms with Gasteiger partial charge in [-0.2, -0.15) is 0 Å². The van der Waals surface area contributed by atoms with E-state index < -0.39 is 31.4 Å². The summed E-state index contributed by atoms with van der Waals surface area (Å²) in [6.07, 6.45) is -1.37. The standard InChI is InChI=1S/C14H20NO7P/c1-22-12-5-3-2-4-11(12)15-9-23(20,21)8-10(14(18)19)6-7-13(16)17/h2-5,10,15H,6-9H2,1H3,(H,16,17)(H,18,19)(H,20,21). The van der Waals surface area contributed by atoms with E-state index in [4.69, 9.17) is 14.9 Å². The average Bonchev–Trinajstić information content (AvgIpc) is 2.49. The van der Waals surface area contributed by atoms with Crippen LogP contribution in [0.5, 0.6) is 5.75 Å². The molecule has 2 atom stereocenters. The minimum absolute atomic E-state index is 0.191. The number of aliphatic carboxylic acids is 2. The number of hydrogen-bond donors (Lipinski definition) is 4. The Morgan fingerprint density at radius 1 is 1.30 bits per heavy atom. The van der Waals surface area contributed by atoms with Crippen LogP contribution in [-0.2, 0) is 14.2 Å². The molecule has 0 saturated heterocycles. The molecule has 0 aliphatic rings. The van der Waals surface area contributed by atoms with Gasteiger partial charge < -0.3 is 25.2 Å². The zero-order valence-electron chi connectivity index (χ0n) is 12.6. The molecule has 0 spiro atoms. The maximum Gasteiger partial charge on any atom is 0.307 e. The first-order chi connectivity index (χ1) is 10.7. The average molecular weight is 345 g/mol. The predicted octanol–water partition coefficient (Wildman–Crippen LogP) is 1.90. The highest BCUT2D eigenvalue weighted by atomic mass is 31.2. The number of carbonyl (C=O) groups is 2. The van der Waals surface area contributed by atoms with Gasteiger partial charge in [-0.15, -0.1) is 0 Å². The Hall–Kier alpha value is -2.05. The van der Waals surface area contributed by atoms with E-state index in [1.165, 1.54) is 7.11 Å². The number of anilines is 1. The van der Waals surface area contributed by atoms with Crippen LogP contribution in [0.1, 0.15) is 12.8 Å². The normalized spacial score (nSPS) is 14.5.